The van der Waals surface area contributed by atoms with Gasteiger partial charge in [-0.1, -0.05) is 0 Å². The van der Waals surface area contributed by atoms with Crippen LogP contribution in [0.5, 0.6) is 0 Å². The van der Waals surface area contributed by atoms with Gasteiger partial charge >= 0.3 is 6.18 Å². The summed E-state index contributed by atoms with van der Waals surface area (Å²) in [4.78, 5) is 13.8. The summed E-state index contributed by atoms with van der Waals surface area (Å²) in [7, 11) is 1.67. The standard InChI is InChI=1S/C18H32F3N7/c1-13(2)28(14(3)4)12-6-8-23-16(22-5)25-10-11-26-17-24-9-7-15(27-17)18(19,20)21/h7,9,13-14H,6,8,10-12H2,1-5H3,(H2,22,23,25)(H,24,26,27). The molecule has 7 nitrogen and oxygen atoms in total. The van der Waals surface area contributed by atoms with E-state index in [9.17, 15) is 13.2 Å². The molecule has 1 aromatic heterocycles. The van der Waals surface area contributed by atoms with Gasteiger partial charge < -0.3 is 16.0 Å². The van der Waals surface area contributed by atoms with E-state index in [-0.39, 0.29) is 5.95 Å². The average molecular weight is 403 g/mol. The van der Waals surface area contributed by atoms with Crippen molar-refractivity contribution >= 4 is 11.9 Å². The Labute approximate surface area is 165 Å². The number of nitrogens with zero attached hydrogens (tertiary/aromatic N) is 4. The monoisotopic (exact) mass is 403 g/mol. The Morgan fingerprint density at radius 3 is 2.32 bits per heavy atom. The number of aliphatic imine (C=N–C) groups is 1. The zero-order chi connectivity index (χ0) is 21.2. The molecule has 3 N–H and O–H groups in total. The van der Waals surface area contributed by atoms with Crippen LogP contribution in [0.1, 0.15) is 39.8 Å². The summed E-state index contributed by atoms with van der Waals surface area (Å²) in [6.07, 6.45) is -2.42. The van der Waals surface area contributed by atoms with Crippen LogP contribution in [0.15, 0.2) is 17.3 Å². The predicted molar refractivity (Wildman–Crippen MR) is 106 cm³/mol. The summed E-state index contributed by atoms with van der Waals surface area (Å²) < 4.78 is 37.9. The maximum absolute atomic E-state index is 12.6. The van der Waals surface area contributed by atoms with Crippen LogP contribution in [-0.2, 0) is 6.18 Å². The van der Waals surface area contributed by atoms with Crippen molar-refractivity contribution in [1.82, 2.24) is 25.5 Å². The van der Waals surface area contributed by atoms with Gasteiger partial charge in [0.1, 0.15) is 5.69 Å². The molecular formula is C18H32F3N7. The van der Waals surface area contributed by atoms with E-state index >= 15 is 0 Å². The highest BCUT2D eigenvalue weighted by atomic mass is 19.4. The molecule has 0 spiro atoms. The molecule has 0 aliphatic heterocycles. The van der Waals surface area contributed by atoms with Crippen LogP contribution >= 0.6 is 0 Å². The number of hydrogen-bond acceptors (Lipinski definition) is 5. The second kappa shape index (κ2) is 11.7. The summed E-state index contributed by atoms with van der Waals surface area (Å²) in [5.41, 5.74) is -0.965. The fourth-order valence-electron chi connectivity index (χ4n) is 2.76. The number of guanidine groups is 1. The first kappa shape index (κ1) is 23.9. The van der Waals surface area contributed by atoms with Gasteiger partial charge in [-0.05, 0) is 40.2 Å². The fourth-order valence-corrected chi connectivity index (χ4v) is 2.76. The van der Waals surface area contributed by atoms with Gasteiger partial charge in [-0.2, -0.15) is 13.2 Å². The molecule has 0 aromatic carbocycles. The first-order valence-corrected chi connectivity index (χ1v) is 9.49. The quantitative estimate of drug-likeness (QED) is 0.317. The van der Waals surface area contributed by atoms with E-state index in [0.29, 0.717) is 31.1 Å². The van der Waals surface area contributed by atoms with E-state index in [1.807, 2.05) is 0 Å². The van der Waals surface area contributed by atoms with Crippen molar-refractivity contribution in [2.24, 2.45) is 4.99 Å². The van der Waals surface area contributed by atoms with Gasteiger partial charge in [-0.3, -0.25) is 9.89 Å². The Hall–Kier alpha value is -2.10. The number of rotatable bonds is 10. The Morgan fingerprint density at radius 2 is 1.75 bits per heavy atom. The Kier molecular flexibility index (Phi) is 9.98. The van der Waals surface area contributed by atoms with E-state index in [1.54, 1.807) is 7.05 Å². The number of halogens is 3. The lowest BCUT2D eigenvalue weighted by Crippen LogP contribution is -2.42. The third kappa shape index (κ3) is 8.73. The third-order valence-electron chi connectivity index (χ3n) is 4.08. The van der Waals surface area contributed by atoms with Crippen LogP contribution in [0.25, 0.3) is 0 Å². The maximum atomic E-state index is 12.6. The molecule has 0 aliphatic carbocycles. The van der Waals surface area contributed by atoms with Crippen LogP contribution in [0, 0.1) is 0 Å². The average Bonchev–Trinajstić information content (AvgIpc) is 2.62. The third-order valence-corrected chi connectivity index (χ3v) is 4.08. The molecule has 1 heterocycles. The minimum absolute atomic E-state index is 0.0537. The smallest absolute Gasteiger partial charge is 0.356 e. The Bertz CT molecular complexity index is 595. The molecule has 0 atom stereocenters. The van der Waals surface area contributed by atoms with Crippen molar-refractivity contribution in [3.8, 4) is 0 Å². The van der Waals surface area contributed by atoms with Crippen molar-refractivity contribution < 1.29 is 13.2 Å². The summed E-state index contributed by atoms with van der Waals surface area (Å²) in [5, 5.41) is 9.11. The van der Waals surface area contributed by atoms with Gasteiger partial charge in [0.2, 0.25) is 5.95 Å². The number of alkyl halides is 3. The SMILES string of the molecule is CN=C(NCCCN(C(C)C)C(C)C)NCCNc1nccc(C(F)(F)F)n1. The lowest BCUT2D eigenvalue weighted by Gasteiger charge is -2.30. The van der Waals surface area contributed by atoms with Gasteiger partial charge in [0, 0.05) is 51.5 Å². The largest absolute Gasteiger partial charge is 0.433 e. The predicted octanol–water partition coefficient (Wildman–Crippen LogP) is 2.58. The van der Waals surface area contributed by atoms with Crippen LogP contribution < -0.4 is 16.0 Å². The molecule has 28 heavy (non-hydrogen) atoms. The Morgan fingerprint density at radius 1 is 1.11 bits per heavy atom. The lowest BCUT2D eigenvalue weighted by molar-refractivity contribution is -0.141. The van der Waals surface area contributed by atoms with Crippen LogP contribution in [0.2, 0.25) is 0 Å². The van der Waals surface area contributed by atoms with Crippen LogP contribution in [0.3, 0.4) is 0 Å². The van der Waals surface area contributed by atoms with E-state index in [4.69, 9.17) is 0 Å². The topological polar surface area (TPSA) is 77.5 Å². The molecule has 1 aromatic rings. The first-order chi connectivity index (χ1) is 13.1. The minimum Gasteiger partial charge on any atom is -0.356 e. The summed E-state index contributed by atoms with van der Waals surface area (Å²) >= 11 is 0. The summed E-state index contributed by atoms with van der Waals surface area (Å²) in [6.45, 7) is 11.3. The number of aromatic nitrogens is 2. The molecule has 0 saturated carbocycles. The molecule has 0 fully saturated rings. The molecule has 1 rings (SSSR count). The molecule has 10 heteroatoms. The maximum Gasteiger partial charge on any atom is 0.433 e. The molecule has 160 valence electrons. The molecule has 0 amide bonds. The molecule has 0 bridgehead atoms. The van der Waals surface area contributed by atoms with Crippen molar-refractivity contribution in [2.45, 2.75) is 52.4 Å². The van der Waals surface area contributed by atoms with Crippen LogP contribution in [0.4, 0.5) is 19.1 Å². The van der Waals surface area contributed by atoms with E-state index < -0.39 is 11.9 Å². The van der Waals surface area contributed by atoms with Crippen molar-refractivity contribution in [3.63, 3.8) is 0 Å². The van der Waals surface area contributed by atoms with Crippen molar-refractivity contribution in [3.05, 3.63) is 18.0 Å². The number of nitrogens with one attached hydrogen (secondary N) is 3. The minimum atomic E-state index is -4.48. The van der Waals surface area contributed by atoms with Gasteiger partial charge in [0.05, 0.1) is 0 Å². The van der Waals surface area contributed by atoms with E-state index in [1.165, 1.54) is 0 Å². The highest BCUT2D eigenvalue weighted by Crippen LogP contribution is 2.27. The zero-order valence-electron chi connectivity index (χ0n) is 17.3. The van der Waals surface area contributed by atoms with Crippen molar-refractivity contribution in [2.75, 3.05) is 38.5 Å². The van der Waals surface area contributed by atoms with Gasteiger partial charge in [0.15, 0.2) is 5.96 Å². The first-order valence-electron chi connectivity index (χ1n) is 9.49. The second-order valence-electron chi connectivity index (χ2n) is 6.89. The van der Waals surface area contributed by atoms with Gasteiger partial charge in [-0.15, -0.1) is 0 Å². The normalized spacial score (nSPS) is 12.8. The highest BCUT2D eigenvalue weighted by molar-refractivity contribution is 5.79. The summed E-state index contributed by atoms with van der Waals surface area (Å²) in [6, 6.07) is 1.85. The van der Waals surface area contributed by atoms with Gasteiger partial charge in [0.25, 0.3) is 0 Å². The molecular weight excluding hydrogens is 371 g/mol. The van der Waals surface area contributed by atoms with Crippen LogP contribution in [-0.4, -0.2) is 66.1 Å². The lowest BCUT2D eigenvalue weighted by atomic mass is 10.2. The molecule has 0 radical (unpaired) electrons. The van der Waals surface area contributed by atoms with Gasteiger partial charge in [-0.25, -0.2) is 9.97 Å². The fraction of sp³-hybridized carbons (Fsp3) is 0.722. The Balaban J connectivity index is 2.30. The van der Waals surface area contributed by atoms with E-state index in [0.717, 1.165) is 31.8 Å². The number of hydrogen-bond donors (Lipinski definition) is 3. The molecule has 0 aliphatic rings. The highest BCUT2D eigenvalue weighted by Gasteiger charge is 2.32. The zero-order valence-corrected chi connectivity index (χ0v) is 17.3. The molecule has 0 saturated heterocycles. The number of anilines is 1. The summed E-state index contributed by atoms with van der Waals surface area (Å²) in [5.74, 6) is 0.592. The second-order valence-corrected chi connectivity index (χ2v) is 6.89. The molecule has 0 unspecified atom stereocenters. The van der Waals surface area contributed by atoms with Crippen molar-refractivity contribution in [1.29, 1.82) is 0 Å². The van der Waals surface area contributed by atoms with E-state index in [2.05, 4.69) is 63.5 Å².